The minimum absolute atomic E-state index is 0.177. The zero-order chi connectivity index (χ0) is 16.7. The van der Waals surface area contributed by atoms with Crippen molar-refractivity contribution in [1.82, 2.24) is 9.88 Å². The smallest absolute Gasteiger partial charge is 0.417 e. The van der Waals surface area contributed by atoms with Gasteiger partial charge in [-0.1, -0.05) is 6.07 Å². The van der Waals surface area contributed by atoms with Gasteiger partial charge in [0.25, 0.3) is 0 Å². The molecule has 0 spiro atoms. The van der Waals surface area contributed by atoms with Gasteiger partial charge in [0.2, 0.25) is 5.89 Å². The lowest BCUT2D eigenvalue weighted by Crippen LogP contribution is -2.53. The quantitative estimate of drug-likeness (QED) is 0.923. The summed E-state index contributed by atoms with van der Waals surface area (Å²) in [6.45, 7) is 2.58. The summed E-state index contributed by atoms with van der Waals surface area (Å²) in [5.41, 5.74) is -1.84. The fourth-order valence-electron chi connectivity index (χ4n) is 2.66. The van der Waals surface area contributed by atoms with Gasteiger partial charge in [0.15, 0.2) is 5.60 Å². The maximum Gasteiger partial charge on any atom is 0.417 e. The van der Waals surface area contributed by atoms with Crippen molar-refractivity contribution in [3.05, 3.63) is 29.0 Å². The van der Waals surface area contributed by atoms with E-state index in [4.69, 9.17) is 4.42 Å². The number of alkyl halides is 3. The number of halogens is 3. The summed E-state index contributed by atoms with van der Waals surface area (Å²) in [5.74, 6) is 1.21. The van der Waals surface area contributed by atoms with Crippen LogP contribution in [0.3, 0.4) is 0 Å². The van der Waals surface area contributed by atoms with Crippen molar-refractivity contribution in [2.45, 2.75) is 38.1 Å². The molecular weight excluding hydrogens is 329 g/mol. The lowest BCUT2D eigenvalue weighted by molar-refractivity contribution is -0.272. The molecule has 1 saturated heterocycles. The molecule has 3 heterocycles. The van der Waals surface area contributed by atoms with Crippen LogP contribution in [-0.4, -0.2) is 39.9 Å². The molecule has 0 aliphatic carbocycles. The highest BCUT2D eigenvalue weighted by atomic mass is 32.1. The van der Waals surface area contributed by atoms with Crippen molar-refractivity contribution in [2.24, 2.45) is 0 Å². The van der Waals surface area contributed by atoms with Gasteiger partial charge in [-0.3, -0.25) is 4.90 Å². The Balaban J connectivity index is 1.66. The SMILES string of the molecule is Cc1oc(-c2cccs2)nc1CN1CCC(O)(C(F)(F)F)CC1. The summed E-state index contributed by atoms with van der Waals surface area (Å²) in [5, 5.41) is 11.6. The van der Waals surface area contributed by atoms with E-state index in [1.54, 1.807) is 6.92 Å². The van der Waals surface area contributed by atoms with Crippen LogP contribution in [0.2, 0.25) is 0 Å². The van der Waals surface area contributed by atoms with Gasteiger partial charge in [0.05, 0.1) is 10.6 Å². The summed E-state index contributed by atoms with van der Waals surface area (Å²) in [7, 11) is 0. The molecule has 1 aliphatic rings. The highest BCUT2D eigenvalue weighted by Crippen LogP contribution is 2.38. The van der Waals surface area contributed by atoms with Crippen LogP contribution in [0.25, 0.3) is 10.8 Å². The van der Waals surface area contributed by atoms with Crippen molar-refractivity contribution < 1.29 is 22.7 Å². The Kier molecular flexibility index (Phi) is 4.24. The first-order valence-electron chi connectivity index (χ1n) is 7.30. The Bertz CT molecular complexity index is 659. The van der Waals surface area contributed by atoms with Gasteiger partial charge < -0.3 is 9.52 Å². The molecule has 126 valence electrons. The highest BCUT2D eigenvalue weighted by Gasteiger charge is 2.54. The number of aliphatic hydroxyl groups is 1. The van der Waals surface area contributed by atoms with Crippen molar-refractivity contribution in [3.63, 3.8) is 0 Å². The topological polar surface area (TPSA) is 49.5 Å². The number of hydrogen-bond donors (Lipinski definition) is 1. The van der Waals surface area contributed by atoms with Crippen LogP contribution in [0.5, 0.6) is 0 Å². The van der Waals surface area contributed by atoms with E-state index in [0.29, 0.717) is 18.2 Å². The Hall–Kier alpha value is -1.38. The predicted octanol–water partition coefficient (Wildman–Crippen LogP) is 3.60. The molecule has 2 aromatic heterocycles. The number of aromatic nitrogens is 1. The first kappa shape index (κ1) is 16.5. The second-order valence-electron chi connectivity index (χ2n) is 5.80. The molecule has 0 saturated carbocycles. The molecule has 0 radical (unpaired) electrons. The zero-order valence-electron chi connectivity index (χ0n) is 12.6. The van der Waals surface area contributed by atoms with Crippen LogP contribution in [0.1, 0.15) is 24.3 Å². The number of nitrogens with zero attached hydrogens (tertiary/aromatic N) is 2. The molecule has 1 fully saturated rings. The Labute approximate surface area is 135 Å². The molecule has 1 aliphatic heterocycles. The molecule has 0 atom stereocenters. The van der Waals surface area contributed by atoms with Gasteiger partial charge in [-0.25, -0.2) is 4.98 Å². The minimum Gasteiger partial charge on any atom is -0.440 e. The lowest BCUT2D eigenvalue weighted by Gasteiger charge is -2.38. The van der Waals surface area contributed by atoms with E-state index in [1.807, 2.05) is 22.4 Å². The number of aryl methyl sites for hydroxylation is 1. The summed E-state index contributed by atoms with van der Waals surface area (Å²) in [6, 6.07) is 3.81. The van der Waals surface area contributed by atoms with E-state index in [1.165, 1.54) is 11.3 Å². The van der Waals surface area contributed by atoms with Crippen molar-refractivity contribution in [3.8, 4) is 10.8 Å². The average molecular weight is 346 g/mol. The van der Waals surface area contributed by atoms with E-state index < -0.39 is 11.8 Å². The standard InChI is InChI=1S/C15H17F3N2O2S/c1-10-11(19-13(22-10)12-3-2-8-23-12)9-20-6-4-14(21,5-7-20)15(16,17)18/h2-3,8,21H,4-7,9H2,1H3. The molecule has 0 amide bonds. The number of oxazole rings is 1. The first-order chi connectivity index (χ1) is 10.8. The van der Waals surface area contributed by atoms with Gasteiger partial charge in [-0.2, -0.15) is 13.2 Å². The van der Waals surface area contributed by atoms with Crippen molar-refractivity contribution >= 4 is 11.3 Å². The fourth-order valence-corrected chi connectivity index (χ4v) is 3.31. The molecule has 0 aromatic carbocycles. The number of hydrogen-bond acceptors (Lipinski definition) is 5. The maximum absolute atomic E-state index is 12.8. The van der Waals surface area contributed by atoms with E-state index in [9.17, 15) is 18.3 Å². The van der Waals surface area contributed by atoms with Crippen molar-refractivity contribution in [2.75, 3.05) is 13.1 Å². The van der Waals surface area contributed by atoms with E-state index >= 15 is 0 Å². The average Bonchev–Trinajstić information content (AvgIpc) is 3.11. The Morgan fingerprint density at radius 2 is 2.09 bits per heavy atom. The maximum atomic E-state index is 12.8. The minimum atomic E-state index is -4.57. The molecule has 23 heavy (non-hydrogen) atoms. The van der Waals surface area contributed by atoms with Crippen LogP contribution in [0.15, 0.2) is 21.9 Å². The largest absolute Gasteiger partial charge is 0.440 e. The van der Waals surface area contributed by atoms with E-state index in [-0.39, 0.29) is 25.9 Å². The third-order valence-electron chi connectivity index (χ3n) is 4.21. The molecule has 0 bridgehead atoms. The highest BCUT2D eigenvalue weighted by molar-refractivity contribution is 7.13. The summed E-state index contributed by atoms with van der Waals surface area (Å²) in [4.78, 5) is 7.23. The molecule has 4 nitrogen and oxygen atoms in total. The number of rotatable bonds is 3. The van der Waals surface area contributed by atoms with Gasteiger partial charge >= 0.3 is 6.18 Å². The van der Waals surface area contributed by atoms with Gasteiger partial charge in [-0.15, -0.1) is 11.3 Å². The molecule has 3 rings (SSSR count). The Morgan fingerprint density at radius 3 is 2.65 bits per heavy atom. The molecule has 1 N–H and O–H groups in total. The number of thiophene rings is 1. The number of piperidine rings is 1. The van der Waals surface area contributed by atoms with E-state index in [0.717, 1.165) is 10.6 Å². The predicted molar refractivity (Wildman–Crippen MR) is 80.1 cm³/mol. The third-order valence-corrected chi connectivity index (χ3v) is 5.07. The van der Waals surface area contributed by atoms with Gasteiger partial charge in [0.1, 0.15) is 5.76 Å². The van der Waals surface area contributed by atoms with Crippen LogP contribution in [-0.2, 0) is 6.54 Å². The van der Waals surface area contributed by atoms with E-state index in [2.05, 4.69) is 4.98 Å². The fraction of sp³-hybridized carbons (Fsp3) is 0.533. The second kappa shape index (κ2) is 5.92. The van der Waals surface area contributed by atoms with Gasteiger partial charge in [0, 0.05) is 19.6 Å². The second-order valence-corrected chi connectivity index (χ2v) is 6.75. The van der Waals surface area contributed by atoms with Crippen LogP contribution in [0.4, 0.5) is 13.2 Å². The van der Waals surface area contributed by atoms with Crippen LogP contribution in [0, 0.1) is 6.92 Å². The van der Waals surface area contributed by atoms with Crippen LogP contribution >= 0.6 is 11.3 Å². The molecule has 0 unspecified atom stereocenters. The Morgan fingerprint density at radius 1 is 1.39 bits per heavy atom. The molecule has 8 heteroatoms. The zero-order valence-corrected chi connectivity index (χ0v) is 13.4. The van der Waals surface area contributed by atoms with Crippen molar-refractivity contribution in [1.29, 1.82) is 0 Å². The summed E-state index contributed by atoms with van der Waals surface area (Å²) in [6.07, 6.45) is -5.20. The monoisotopic (exact) mass is 346 g/mol. The van der Waals surface area contributed by atoms with Crippen LogP contribution < -0.4 is 0 Å². The van der Waals surface area contributed by atoms with Gasteiger partial charge in [-0.05, 0) is 31.2 Å². The number of likely N-dealkylation sites (tertiary alicyclic amines) is 1. The first-order valence-corrected chi connectivity index (χ1v) is 8.18. The molecular formula is C15H17F3N2O2S. The third kappa shape index (κ3) is 3.29. The lowest BCUT2D eigenvalue weighted by atomic mass is 9.91. The summed E-state index contributed by atoms with van der Waals surface area (Å²) < 4.78 is 44.1. The molecule has 2 aromatic rings. The normalized spacial score (nSPS) is 19.2. The summed E-state index contributed by atoms with van der Waals surface area (Å²) >= 11 is 1.52.